The molecule has 0 bridgehead atoms. The SMILES string of the molecule is CC(=O)N(CCC(=O)NC(C)c1nc(C)c(C(=O)O)s1)Cc1ccccc1. The Balaban J connectivity index is 1.91. The summed E-state index contributed by atoms with van der Waals surface area (Å²) in [6, 6.07) is 9.19. The van der Waals surface area contributed by atoms with Crippen LogP contribution in [-0.4, -0.2) is 39.3 Å². The summed E-state index contributed by atoms with van der Waals surface area (Å²) < 4.78 is 0. The second-order valence-electron chi connectivity index (χ2n) is 6.24. The number of thiazole rings is 1. The molecule has 1 aromatic heterocycles. The maximum atomic E-state index is 12.2. The highest BCUT2D eigenvalue weighted by Crippen LogP contribution is 2.23. The Morgan fingerprint density at radius 1 is 1.26 bits per heavy atom. The maximum Gasteiger partial charge on any atom is 0.347 e. The number of rotatable bonds is 8. The normalized spacial score (nSPS) is 11.7. The van der Waals surface area contributed by atoms with Crippen LogP contribution < -0.4 is 5.32 Å². The molecule has 1 unspecified atom stereocenters. The van der Waals surface area contributed by atoms with Crippen molar-refractivity contribution in [3.05, 3.63) is 51.5 Å². The summed E-state index contributed by atoms with van der Waals surface area (Å²) in [7, 11) is 0. The molecule has 8 heteroatoms. The monoisotopic (exact) mass is 389 g/mol. The summed E-state index contributed by atoms with van der Waals surface area (Å²) in [5.74, 6) is -1.33. The molecule has 0 aliphatic rings. The van der Waals surface area contributed by atoms with Crippen molar-refractivity contribution < 1.29 is 19.5 Å². The first-order chi connectivity index (χ1) is 12.8. The molecule has 0 aliphatic heterocycles. The van der Waals surface area contributed by atoms with Crippen LogP contribution in [0.2, 0.25) is 0 Å². The average molecular weight is 389 g/mol. The van der Waals surface area contributed by atoms with E-state index in [1.165, 1.54) is 6.92 Å². The van der Waals surface area contributed by atoms with Gasteiger partial charge in [-0.2, -0.15) is 0 Å². The van der Waals surface area contributed by atoms with Gasteiger partial charge in [-0.1, -0.05) is 30.3 Å². The second-order valence-corrected chi connectivity index (χ2v) is 7.27. The summed E-state index contributed by atoms with van der Waals surface area (Å²) in [4.78, 5) is 41.2. The van der Waals surface area contributed by atoms with Crippen LogP contribution in [0.5, 0.6) is 0 Å². The van der Waals surface area contributed by atoms with Crippen LogP contribution in [0.25, 0.3) is 0 Å². The summed E-state index contributed by atoms with van der Waals surface area (Å²) in [5, 5.41) is 12.5. The molecule has 1 heterocycles. The van der Waals surface area contributed by atoms with Crippen molar-refractivity contribution in [1.29, 1.82) is 0 Å². The minimum Gasteiger partial charge on any atom is -0.477 e. The van der Waals surface area contributed by atoms with Crippen LogP contribution in [-0.2, 0) is 16.1 Å². The van der Waals surface area contributed by atoms with Crippen molar-refractivity contribution in [3.8, 4) is 0 Å². The van der Waals surface area contributed by atoms with Crippen LogP contribution in [0.15, 0.2) is 30.3 Å². The van der Waals surface area contributed by atoms with Gasteiger partial charge in [0.2, 0.25) is 11.8 Å². The van der Waals surface area contributed by atoms with Crippen molar-refractivity contribution in [1.82, 2.24) is 15.2 Å². The van der Waals surface area contributed by atoms with Crippen LogP contribution in [0, 0.1) is 6.92 Å². The van der Waals surface area contributed by atoms with Gasteiger partial charge in [0.05, 0.1) is 11.7 Å². The van der Waals surface area contributed by atoms with E-state index < -0.39 is 12.0 Å². The zero-order chi connectivity index (χ0) is 20.0. The number of nitrogens with one attached hydrogen (secondary N) is 1. The van der Waals surface area contributed by atoms with Crippen molar-refractivity contribution >= 4 is 29.1 Å². The van der Waals surface area contributed by atoms with Gasteiger partial charge in [0.25, 0.3) is 0 Å². The van der Waals surface area contributed by atoms with E-state index in [0.717, 1.165) is 16.9 Å². The summed E-state index contributed by atoms with van der Waals surface area (Å²) in [6.07, 6.45) is 0.160. The van der Waals surface area contributed by atoms with Gasteiger partial charge >= 0.3 is 5.97 Å². The highest BCUT2D eigenvalue weighted by molar-refractivity contribution is 7.13. The molecule has 2 rings (SSSR count). The molecule has 7 nitrogen and oxygen atoms in total. The largest absolute Gasteiger partial charge is 0.477 e. The van der Waals surface area contributed by atoms with E-state index in [1.54, 1.807) is 18.7 Å². The fourth-order valence-electron chi connectivity index (χ4n) is 2.56. The number of carbonyl (C=O) groups excluding carboxylic acids is 2. The Labute approximate surface area is 162 Å². The Bertz CT molecular complexity index is 820. The number of aromatic carboxylic acids is 1. The van der Waals surface area contributed by atoms with Crippen molar-refractivity contribution in [3.63, 3.8) is 0 Å². The van der Waals surface area contributed by atoms with Crippen LogP contribution in [0.4, 0.5) is 0 Å². The molecular formula is C19H23N3O4S. The van der Waals surface area contributed by atoms with Crippen molar-refractivity contribution in [2.45, 2.75) is 39.8 Å². The molecule has 1 aromatic carbocycles. The predicted octanol–water partition coefficient (Wildman–Crippen LogP) is 2.77. The third kappa shape index (κ3) is 5.89. The third-order valence-electron chi connectivity index (χ3n) is 4.03. The van der Waals surface area contributed by atoms with Gasteiger partial charge < -0.3 is 15.3 Å². The lowest BCUT2D eigenvalue weighted by Gasteiger charge is -2.21. The smallest absolute Gasteiger partial charge is 0.347 e. The van der Waals surface area contributed by atoms with E-state index in [9.17, 15) is 14.4 Å². The van der Waals surface area contributed by atoms with E-state index in [-0.39, 0.29) is 23.1 Å². The van der Waals surface area contributed by atoms with E-state index in [0.29, 0.717) is 23.8 Å². The fourth-order valence-corrected chi connectivity index (χ4v) is 3.47. The maximum absolute atomic E-state index is 12.2. The van der Waals surface area contributed by atoms with Crippen LogP contribution in [0.1, 0.15) is 52.2 Å². The van der Waals surface area contributed by atoms with Gasteiger partial charge in [0, 0.05) is 26.4 Å². The zero-order valence-corrected chi connectivity index (χ0v) is 16.4. The average Bonchev–Trinajstić information content (AvgIpc) is 3.01. The Morgan fingerprint density at radius 2 is 1.93 bits per heavy atom. The summed E-state index contributed by atoms with van der Waals surface area (Å²) >= 11 is 1.06. The quantitative estimate of drug-likeness (QED) is 0.723. The molecule has 144 valence electrons. The molecule has 0 saturated heterocycles. The number of carbonyl (C=O) groups is 3. The van der Waals surface area contributed by atoms with Crippen molar-refractivity contribution in [2.24, 2.45) is 0 Å². The minimum absolute atomic E-state index is 0.0960. The lowest BCUT2D eigenvalue weighted by atomic mass is 10.2. The molecule has 27 heavy (non-hydrogen) atoms. The number of hydrogen-bond donors (Lipinski definition) is 2. The van der Waals surface area contributed by atoms with E-state index in [2.05, 4.69) is 10.3 Å². The molecule has 0 spiro atoms. The second kappa shape index (κ2) is 9.27. The molecule has 2 amide bonds. The van der Waals surface area contributed by atoms with Crippen LogP contribution in [0.3, 0.4) is 0 Å². The topological polar surface area (TPSA) is 99.6 Å². The number of carboxylic acid groups (broad SMARTS) is 1. The van der Waals surface area contributed by atoms with E-state index in [1.807, 2.05) is 30.3 Å². The van der Waals surface area contributed by atoms with Gasteiger partial charge in [-0.25, -0.2) is 9.78 Å². The van der Waals surface area contributed by atoms with E-state index >= 15 is 0 Å². The van der Waals surface area contributed by atoms with Crippen LogP contribution >= 0.6 is 11.3 Å². The summed E-state index contributed by atoms with van der Waals surface area (Å²) in [5.41, 5.74) is 1.44. The Hall–Kier alpha value is -2.74. The molecular weight excluding hydrogens is 366 g/mol. The van der Waals surface area contributed by atoms with E-state index in [4.69, 9.17) is 5.11 Å². The van der Waals surface area contributed by atoms with Gasteiger partial charge in [-0.15, -0.1) is 11.3 Å². The van der Waals surface area contributed by atoms with Gasteiger partial charge in [-0.05, 0) is 19.4 Å². The lowest BCUT2D eigenvalue weighted by Crippen LogP contribution is -2.34. The highest BCUT2D eigenvalue weighted by atomic mass is 32.1. The molecule has 0 saturated carbocycles. The number of benzene rings is 1. The molecule has 2 aromatic rings. The minimum atomic E-state index is -1.02. The molecule has 1 atom stereocenters. The number of aryl methyl sites for hydroxylation is 1. The summed E-state index contributed by atoms with van der Waals surface area (Å²) in [6.45, 7) is 5.63. The first-order valence-electron chi connectivity index (χ1n) is 8.57. The number of carboxylic acids is 1. The Morgan fingerprint density at radius 3 is 2.48 bits per heavy atom. The molecule has 0 aliphatic carbocycles. The number of amides is 2. The van der Waals surface area contributed by atoms with Gasteiger partial charge in [-0.3, -0.25) is 9.59 Å². The standard InChI is InChI=1S/C19H23N3O4S/c1-12-17(19(25)26)27-18(21-12)13(2)20-16(24)9-10-22(14(3)23)11-15-7-5-4-6-8-15/h4-8,13H,9-11H2,1-3H3,(H,20,24)(H,25,26). The molecule has 0 fully saturated rings. The fraction of sp³-hybridized carbons (Fsp3) is 0.368. The predicted molar refractivity (Wildman–Crippen MR) is 103 cm³/mol. The lowest BCUT2D eigenvalue weighted by molar-refractivity contribution is -0.130. The third-order valence-corrected chi connectivity index (χ3v) is 5.35. The van der Waals surface area contributed by atoms with Gasteiger partial charge in [0.15, 0.2) is 0 Å². The zero-order valence-electron chi connectivity index (χ0n) is 15.6. The number of aromatic nitrogens is 1. The first kappa shape index (κ1) is 20.6. The first-order valence-corrected chi connectivity index (χ1v) is 9.39. The van der Waals surface area contributed by atoms with Crippen molar-refractivity contribution in [2.75, 3.05) is 6.54 Å². The Kier molecular flexibility index (Phi) is 7.06. The highest BCUT2D eigenvalue weighted by Gasteiger charge is 2.19. The molecule has 0 radical (unpaired) electrons. The number of nitrogens with zero attached hydrogens (tertiary/aromatic N) is 2. The molecule has 2 N–H and O–H groups in total. The van der Waals surface area contributed by atoms with Gasteiger partial charge in [0.1, 0.15) is 9.88 Å². The number of hydrogen-bond acceptors (Lipinski definition) is 5.